The number of benzene rings is 2. The molecule has 0 fully saturated rings. The van der Waals surface area contributed by atoms with E-state index in [2.05, 4.69) is 43.4 Å². The molecular formula is C27H38N2O2. The minimum atomic E-state index is -0.474. The topological polar surface area (TPSA) is 49.4 Å². The van der Waals surface area contributed by atoms with Gasteiger partial charge in [0.2, 0.25) is 11.8 Å². The first-order valence-corrected chi connectivity index (χ1v) is 11.5. The monoisotopic (exact) mass is 422 g/mol. The van der Waals surface area contributed by atoms with Crippen molar-refractivity contribution < 1.29 is 9.59 Å². The summed E-state index contributed by atoms with van der Waals surface area (Å²) in [4.78, 5) is 28.0. The highest BCUT2D eigenvalue weighted by atomic mass is 16.2. The molecule has 1 atom stereocenters. The van der Waals surface area contributed by atoms with Crippen molar-refractivity contribution >= 4 is 11.8 Å². The van der Waals surface area contributed by atoms with Crippen LogP contribution in [-0.4, -0.2) is 28.8 Å². The van der Waals surface area contributed by atoms with E-state index in [0.29, 0.717) is 31.7 Å². The Kier molecular flexibility index (Phi) is 9.29. The van der Waals surface area contributed by atoms with E-state index in [9.17, 15) is 9.59 Å². The molecule has 4 heteroatoms. The fourth-order valence-electron chi connectivity index (χ4n) is 3.74. The molecule has 0 saturated heterocycles. The third-order valence-corrected chi connectivity index (χ3v) is 5.69. The van der Waals surface area contributed by atoms with Crippen LogP contribution in [0.25, 0.3) is 0 Å². The van der Waals surface area contributed by atoms with Crippen molar-refractivity contribution in [2.24, 2.45) is 0 Å². The Morgan fingerprint density at radius 1 is 0.968 bits per heavy atom. The number of nitrogens with one attached hydrogen (secondary N) is 1. The Morgan fingerprint density at radius 3 is 2.16 bits per heavy atom. The molecule has 4 nitrogen and oxygen atoms in total. The van der Waals surface area contributed by atoms with Crippen molar-refractivity contribution in [1.82, 2.24) is 10.2 Å². The van der Waals surface area contributed by atoms with Gasteiger partial charge in [-0.1, -0.05) is 69.3 Å². The lowest BCUT2D eigenvalue weighted by Gasteiger charge is -2.31. The number of rotatable bonds is 10. The number of amides is 2. The maximum Gasteiger partial charge on any atom is 0.243 e. The predicted octanol–water partition coefficient (Wildman–Crippen LogP) is 5.38. The maximum absolute atomic E-state index is 13.3. The minimum absolute atomic E-state index is 0.0157. The van der Waals surface area contributed by atoms with Crippen LogP contribution in [0.5, 0.6) is 0 Å². The van der Waals surface area contributed by atoms with Crippen molar-refractivity contribution in [3.8, 4) is 0 Å². The van der Waals surface area contributed by atoms with Gasteiger partial charge in [-0.3, -0.25) is 9.59 Å². The van der Waals surface area contributed by atoms with Crippen LogP contribution in [0, 0.1) is 6.92 Å². The van der Waals surface area contributed by atoms with Crippen LogP contribution in [0.4, 0.5) is 0 Å². The van der Waals surface area contributed by atoms with Gasteiger partial charge in [0.15, 0.2) is 0 Å². The van der Waals surface area contributed by atoms with E-state index in [-0.39, 0.29) is 17.9 Å². The average molecular weight is 423 g/mol. The van der Waals surface area contributed by atoms with E-state index in [1.807, 2.05) is 52.0 Å². The second kappa shape index (κ2) is 11.7. The lowest BCUT2D eigenvalue weighted by molar-refractivity contribution is -0.141. The molecule has 2 aromatic carbocycles. The Balaban J connectivity index is 2.20. The molecule has 0 bridgehead atoms. The average Bonchev–Trinajstić information content (AvgIpc) is 2.73. The lowest BCUT2D eigenvalue weighted by Crippen LogP contribution is -2.50. The zero-order valence-corrected chi connectivity index (χ0v) is 19.9. The molecule has 1 N–H and O–H groups in total. The molecule has 2 aromatic rings. The second-order valence-electron chi connectivity index (χ2n) is 8.93. The molecule has 0 aliphatic rings. The minimum Gasteiger partial charge on any atom is -0.352 e. The molecule has 0 aromatic heterocycles. The summed E-state index contributed by atoms with van der Waals surface area (Å²) in [6, 6.07) is 16.1. The summed E-state index contributed by atoms with van der Waals surface area (Å²) in [5.74, 6) is 0.424. The zero-order valence-electron chi connectivity index (χ0n) is 19.9. The van der Waals surface area contributed by atoms with Crippen LogP contribution < -0.4 is 5.32 Å². The van der Waals surface area contributed by atoms with Gasteiger partial charge in [0.25, 0.3) is 0 Å². The smallest absolute Gasteiger partial charge is 0.243 e. The molecular weight excluding hydrogens is 384 g/mol. The first-order chi connectivity index (χ1) is 14.7. The van der Waals surface area contributed by atoms with E-state index in [4.69, 9.17) is 0 Å². The highest BCUT2D eigenvalue weighted by Crippen LogP contribution is 2.19. The van der Waals surface area contributed by atoms with Crippen LogP contribution in [0.15, 0.2) is 48.5 Å². The number of aryl methyl sites for hydroxylation is 2. The summed E-state index contributed by atoms with van der Waals surface area (Å²) in [6.45, 7) is 12.7. The number of carbonyl (C=O) groups excluding carboxylic acids is 2. The summed E-state index contributed by atoms with van der Waals surface area (Å²) in [5.41, 5.74) is 4.65. The quantitative estimate of drug-likeness (QED) is 0.559. The van der Waals surface area contributed by atoms with Crippen molar-refractivity contribution in [1.29, 1.82) is 0 Å². The number of nitrogens with zero attached hydrogens (tertiary/aromatic N) is 1. The zero-order chi connectivity index (χ0) is 23.0. The van der Waals surface area contributed by atoms with Crippen molar-refractivity contribution in [2.45, 2.75) is 85.4 Å². The summed E-state index contributed by atoms with van der Waals surface area (Å²) < 4.78 is 0. The predicted molar refractivity (Wildman–Crippen MR) is 128 cm³/mol. The first-order valence-electron chi connectivity index (χ1n) is 11.5. The Bertz CT molecular complexity index is 856. The molecule has 2 amide bonds. The van der Waals surface area contributed by atoms with Gasteiger partial charge in [0, 0.05) is 19.0 Å². The summed E-state index contributed by atoms with van der Waals surface area (Å²) in [6.07, 6.45) is 1.64. The molecule has 168 valence electrons. The SMILES string of the molecule is CC[C@@H](C(=O)NC(C)C)N(Cc1ccccc1C)C(=O)CCc1ccc(C(C)C)cc1. The van der Waals surface area contributed by atoms with Crippen LogP contribution in [0.2, 0.25) is 0 Å². The molecule has 0 saturated carbocycles. The normalized spacial score (nSPS) is 12.1. The number of carbonyl (C=O) groups is 2. The van der Waals surface area contributed by atoms with Crippen LogP contribution in [-0.2, 0) is 22.6 Å². The maximum atomic E-state index is 13.3. The van der Waals surface area contributed by atoms with E-state index in [1.54, 1.807) is 4.90 Å². The van der Waals surface area contributed by atoms with Crippen molar-refractivity contribution in [3.63, 3.8) is 0 Å². The molecule has 0 aliphatic heterocycles. The van der Waals surface area contributed by atoms with Gasteiger partial charge in [0.05, 0.1) is 0 Å². The van der Waals surface area contributed by atoms with Gasteiger partial charge in [-0.05, 0) is 61.8 Å². The fraction of sp³-hybridized carbons (Fsp3) is 0.481. The Morgan fingerprint density at radius 2 is 1.61 bits per heavy atom. The van der Waals surface area contributed by atoms with Crippen LogP contribution >= 0.6 is 0 Å². The lowest BCUT2D eigenvalue weighted by atomic mass is 10.00. The van der Waals surface area contributed by atoms with Crippen LogP contribution in [0.3, 0.4) is 0 Å². The third kappa shape index (κ3) is 7.23. The number of hydrogen-bond donors (Lipinski definition) is 1. The van der Waals surface area contributed by atoms with Crippen molar-refractivity contribution in [2.75, 3.05) is 0 Å². The molecule has 31 heavy (non-hydrogen) atoms. The standard InChI is InChI=1S/C27H38N2O2/c1-7-25(27(31)28-20(4)5)29(18-24-11-9-8-10-21(24)6)26(30)17-14-22-12-15-23(16-13-22)19(2)3/h8-13,15-16,19-20,25H,7,14,17-18H2,1-6H3,(H,28,31)/t25-/m0/s1. The Labute approximate surface area is 188 Å². The van der Waals surface area contributed by atoms with Crippen LogP contribution in [0.1, 0.15) is 75.6 Å². The molecule has 0 aliphatic carbocycles. The van der Waals surface area contributed by atoms with E-state index in [0.717, 1.165) is 16.7 Å². The highest BCUT2D eigenvalue weighted by molar-refractivity contribution is 5.87. The van der Waals surface area contributed by atoms with Gasteiger partial charge in [-0.25, -0.2) is 0 Å². The first kappa shape index (κ1) is 24.6. The Hall–Kier alpha value is -2.62. The molecule has 0 unspecified atom stereocenters. The summed E-state index contributed by atoms with van der Waals surface area (Å²) in [7, 11) is 0. The van der Waals surface area contributed by atoms with Gasteiger partial charge >= 0.3 is 0 Å². The second-order valence-corrected chi connectivity index (χ2v) is 8.93. The van der Waals surface area contributed by atoms with Crippen molar-refractivity contribution in [3.05, 3.63) is 70.8 Å². The molecule has 0 radical (unpaired) electrons. The highest BCUT2D eigenvalue weighted by Gasteiger charge is 2.29. The van der Waals surface area contributed by atoms with E-state index >= 15 is 0 Å². The van der Waals surface area contributed by atoms with Gasteiger partial charge in [0.1, 0.15) is 6.04 Å². The van der Waals surface area contributed by atoms with Gasteiger partial charge in [-0.15, -0.1) is 0 Å². The fourth-order valence-corrected chi connectivity index (χ4v) is 3.74. The van der Waals surface area contributed by atoms with E-state index in [1.165, 1.54) is 5.56 Å². The van der Waals surface area contributed by atoms with Gasteiger partial charge in [-0.2, -0.15) is 0 Å². The van der Waals surface area contributed by atoms with E-state index < -0.39 is 6.04 Å². The molecule has 0 heterocycles. The summed E-state index contributed by atoms with van der Waals surface area (Å²) in [5, 5.41) is 2.99. The summed E-state index contributed by atoms with van der Waals surface area (Å²) >= 11 is 0. The molecule has 2 rings (SSSR count). The van der Waals surface area contributed by atoms with Gasteiger partial charge < -0.3 is 10.2 Å². The third-order valence-electron chi connectivity index (χ3n) is 5.69. The number of hydrogen-bond acceptors (Lipinski definition) is 2. The molecule has 0 spiro atoms. The largest absolute Gasteiger partial charge is 0.352 e.